The Morgan fingerprint density at radius 2 is 2.33 bits per heavy atom. The van der Waals surface area contributed by atoms with Crippen molar-refractivity contribution >= 4 is 16.7 Å². The van der Waals surface area contributed by atoms with Crippen LogP contribution in [0.25, 0.3) is 11.0 Å². The molecular weight excluding hydrogens is 152 g/mol. The lowest BCUT2D eigenvalue weighted by molar-refractivity contribution is 0.959. The number of para-hydroxylation sites is 1. The minimum absolute atomic E-state index is 0.895. The highest BCUT2D eigenvalue weighted by molar-refractivity contribution is 5.87. The maximum Gasteiger partial charge on any atom is 0.136 e. The van der Waals surface area contributed by atoms with Crippen LogP contribution in [0.2, 0.25) is 0 Å². The fraction of sp³-hybridized carbons (Fsp3) is 0.250. The third-order valence-corrected chi connectivity index (χ3v) is 1.71. The molecular formula is C8H10N4. The first-order valence-electron chi connectivity index (χ1n) is 3.95. The molecule has 0 unspecified atom stereocenters. The van der Waals surface area contributed by atoms with Gasteiger partial charge in [0, 0.05) is 6.54 Å². The van der Waals surface area contributed by atoms with E-state index in [1.165, 1.54) is 0 Å². The molecule has 2 aromatic rings. The summed E-state index contributed by atoms with van der Waals surface area (Å²) in [5.74, 6) is 0. The van der Waals surface area contributed by atoms with Crippen molar-refractivity contribution in [3.05, 3.63) is 18.2 Å². The fourth-order valence-corrected chi connectivity index (χ4v) is 1.20. The molecule has 4 heteroatoms. The van der Waals surface area contributed by atoms with E-state index < -0.39 is 0 Å². The first kappa shape index (κ1) is 7.09. The van der Waals surface area contributed by atoms with Gasteiger partial charge in [-0.1, -0.05) is 6.07 Å². The fourth-order valence-electron chi connectivity index (χ4n) is 1.20. The SMILES string of the molecule is CCNc1cccc2n[nH]nc12. The lowest BCUT2D eigenvalue weighted by Gasteiger charge is -2.01. The van der Waals surface area contributed by atoms with Crippen molar-refractivity contribution in [2.45, 2.75) is 6.92 Å². The quantitative estimate of drug-likeness (QED) is 0.701. The summed E-state index contributed by atoms with van der Waals surface area (Å²) in [6, 6.07) is 5.89. The summed E-state index contributed by atoms with van der Waals surface area (Å²) in [6.07, 6.45) is 0. The second-order valence-electron chi connectivity index (χ2n) is 2.53. The van der Waals surface area contributed by atoms with Crippen molar-refractivity contribution in [3.8, 4) is 0 Å². The molecule has 2 rings (SSSR count). The lowest BCUT2D eigenvalue weighted by Crippen LogP contribution is -1.96. The Morgan fingerprint density at radius 3 is 3.17 bits per heavy atom. The van der Waals surface area contributed by atoms with E-state index in [2.05, 4.69) is 27.7 Å². The van der Waals surface area contributed by atoms with E-state index in [9.17, 15) is 0 Å². The van der Waals surface area contributed by atoms with Gasteiger partial charge in [0.25, 0.3) is 0 Å². The van der Waals surface area contributed by atoms with Crippen molar-refractivity contribution in [1.82, 2.24) is 15.4 Å². The molecule has 0 fully saturated rings. The molecule has 1 aromatic carbocycles. The van der Waals surface area contributed by atoms with Crippen molar-refractivity contribution in [1.29, 1.82) is 0 Å². The zero-order chi connectivity index (χ0) is 8.39. The van der Waals surface area contributed by atoms with Crippen LogP contribution in [-0.2, 0) is 0 Å². The van der Waals surface area contributed by atoms with E-state index in [1.807, 2.05) is 18.2 Å². The number of fused-ring (bicyclic) bond motifs is 1. The van der Waals surface area contributed by atoms with Gasteiger partial charge in [-0.05, 0) is 19.1 Å². The molecule has 62 valence electrons. The Hall–Kier alpha value is -1.58. The van der Waals surface area contributed by atoms with Crippen molar-refractivity contribution in [2.24, 2.45) is 0 Å². The number of nitrogens with one attached hydrogen (secondary N) is 2. The average molecular weight is 162 g/mol. The van der Waals surface area contributed by atoms with Gasteiger partial charge < -0.3 is 5.32 Å². The van der Waals surface area contributed by atoms with Crippen LogP contribution in [0.3, 0.4) is 0 Å². The summed E-state index contributed by atoms with van der Waals surface area (Å²) < 4.78 is 0. The van der Waals surface area contributed by atoms with Crippen molar-refractivity contribution in [3.63, 3.8) is 0 Å². The molecule has 0 aliphatic carbocycles. The summed E-state index contributed by atoms with van der Waals surface area (Å²) in [6.45, 7) is 2.95. The Morgan fingerprint density at radius 1 is 1.42 bits per heavy atom. The van der Waals surface area contributed by atoms with Crippen molar-refractivity contribution in [2.75, 3.05) is 11.9 Å². The lowest BCUT2D eigenvalue weighted by atomic mass is 10.2. The first-order chi connectivity index (χ1) is 5.92. The number of rotatable bonds is 2. The van der Waals surface area contributed by atoms with E-state index >= 15 is 0 Å². The molecule has 0 saturated carbocycles. The second kappa shape index (κ2) is 2.81. The van der Waals surface area contributed by atoms with Gasteiger partial charge >= 0.3 is 0 Å². The minimum atomic E-state index is 0.895. The van der Waals surface area contributed by atoms with E-state index in [4.69, 9.17) is 0 Å². The zero-order valence-electron chi connectivity index (χ0n) is 6.83. The second-order valence-corrected chi connectivity index (χ2v) is 2.53. The minimum Gasteiger partial charge on any atom is -0.383 e. The molecule has 0 saturated heterocycles. The van der Waals surface area contributed by atoms with Crippen LogP contribution in [-0.4, -0.2) is 22.0 Å². The zero-order valence-corrected chi connectivity index (χ0v) is 6.83. The summed E-state index contributed by atoms with van der Waals surface area (Å²) in [5, 5.41) is 13.8. The highest BCUT2D eigenvalue weighted by Gasteiger charge is 2.01. The molecule has 0 radical (unpaired) electrons. The molecule has 0 aliphatic heterocycles. The Balaban J connectivity index is 2.57. The molecule has 2 N–H and O–H groups in total. The van der Waals surface area contributed by atoms with Gasteiger partial charge in [0.2, 0.25) is 0 Å². The Kier molecular flexibility index (Phi) is 1.66. The summed E-state index contributed by atoms with van der Waals surface area (Å²) >= 11 is 0. The van der Waals surface area contributed by atoms with Gasteiger partial charge in [-0.15, -0.1) is 0 Å². The van der Waals surface area contributed by atoms with E-state index in [0.29, 0.717) is 0 Å². The smallest absolute Gasteiger partial charge is 0.136 e. The standard InChI is InChI=1S/C8H10N4/c1-2-9-6-4-3-5-7-8(6)11-12-10-7/h3-5,9H,2H2,1H3,(H,10,11,12). The molecule has 4 nitrogen and oxygen atoms in total. The van der Waals surface area contributed by atoms with Crippen LogP contribution in [0, 0.1) is 0 Å². The topological polar surface area (TPSA) is 53.6 Å². The van der Waals surface area contributed by atoms with Gasteiger partial charge in [-0.25, -0.2) is 0 Å². The monoisotopic (exact) mass is 162 g/mol. The normalized spacial score (nSPS) is 10.4. The molecule has 0 bridgehead atoms. The summed E-state index contributed by atoms with van der Waals surface area (Å²) in [4.78, 5) is 0. The van der Waals surface area contributed by atoms with E-state index in [1.54, 1.807) is 0 Å². The van der Waals surface area contributed by atoms with Gasteiger partial charge in [0.05, 0.1) is 5.69 Å². The number of benzene rings is 1. The highest BCUT2D eigenvalue weighted by Crippen LogP contribution is 2.17. The average Bonchev–Trinajstić information content (AvgIpc) is 2.53. The van der Waals surface area contributed by atoms with Gasteiger partial charge in [0.15, 0.2) is 0 Å². The molecule has 1 aromatic heterocycles. The Labute approximate surface area is 70.0 Å². The van der Waals surface area contributed by atoms with Gasteiger partial charge in [-0.3, -0.25) is 0 Å². The molecule has 0 aliphatic rings. The van der Waals surface area contributed by atoms with Gasteiger partial charge in [-0.2, -0.15) is 15.4 Å². The largest absolute Gasteiger partial charge is 0.383 e. The predicted molar refractivity (Wildman–Crippen MR) is 48.1 cm³/mol. The van der Waals surface area contributed by atoms with E-state index in [-0.39, 0.29) is 0 Å². The summed E-state index contributed by atoms with van der Waals surface area (Å²) in [7, 11) is 0. The highest BCUT2D eigenvalue weighted by atomic mass is 15.3. The maximum atomic E-state index is 4.04. The number of aromatic amines is 1. The van der Waals surface area contributed by atoms with Crippen LogP contribution in [0.15, 0.2) is 18.2 Å². The predicted octanol–water partition coefficient (Wildman–Crippen LogP) is 1.39. The van der Waals surface area contributed by atoms with Crippen LogP contribution >= 0.6 is 0 Å². The number of hydrogen-bond donors (Lipinski definition) is 2. The van der Waals surface area contributed by atoms with Crippen LogP contribution < -0.4 is 5.32 Å². The molecule has 0 spiro atoms. The van der Waals surface area contributed by atoms with Crippen LogP contribution in [0.1, 0.15) is 6.92 Å². The number of H-pyrrole nitrogens is 1. The van der Waals surface area contributed by atoms with Crippen LogP contribution in [0.5, 0.6) is 0 Å². The first-order valence-corrected chi connectivity index (χ1v) is 3.95. The maximum absolute atomic E-state index is 4.04. The number of hydrogen-bond acceptors (Lipinski definition) is 3. The third-order valence-electron chi connectivity index (χ3n) is 1.71. The number of nitrogens with zero attached hydrogens (tertiary/aromatic N) is 2. The van der Waals surface area contributed by atoms with E-state index in [0.717, 1.165) is 23.3 Å². The molecule has 12 heavy (non-hydrogen) atoms. The summed E-state index contributed by atoms with van der Waals surface area (Å²) in [5.41, 5.74) is 2.83. The Bertz CT molecular complexity index is 379. The molecule has 0 atom stereocenters. The molecule has 0 amide bonds. The van der Waals surface area contributed by atoms with Crippen molar-refractivity contribution < 1.29 is 0 Å². The molecule has 1 heterocycles. The van der Waals surface area contributed by atoms with Crippen LogP contribution in [0.4, 0.5) is 5.69 Å². The number of anilines is 1. The third kappa shape index (κ3) is 1.01. The van der Waals surface area contributed by atoms with Gasteiger partial charge in [0.1, 0.15) is 11.0 Å². The number of aromatic nitrogens is 3.